The van der Waals surface area contributed by atoms with Crippen molar-refractivity contribution in [2.24, 2.45) is 11.7 Å². The van der Waals surface area contributed by atoms with Crippen molar-refractivity contribution in [3.8, 4) is 0 Å². The van der Waals surface area contributed by atoms with Crippen molar-refractivity contribution in [1.82, 2.24) is 9.88 Å². The van der Waals surface area contributed by atoms with Crippen LogP contribution in [-0.2, 0) is 4.74 Å². The van der Waals surface area contributed by atoms with E-state index in [1.165, 1.54) is 18.4 Å². The van der Waals surface area contributed by atoms with Gasteiger partial charge >= 0.3 is 0 Å². The standard InChI is InChI=1S/C17H29N3O/c1-4-16(18)17(15-6-5-9-19-12-15)20(10-11-21-3)13(2)14-7-8-14/h5-6,9,12-14,16-17H,4,7-8,10-11,18H2,1-3H3. The highest BCUT2D eigenvalue weighted by molar-refractivity contribution is 5.17. The van der Waals surface area contributed by atoms with Crippen LogP contribution in [-0.4, -0.2) is 42.2 Å². The van der Waals surface area contributed by atoms with Crippen LogP contribution in [0.3, 0.4) is 0 Å². The fourth-order valence-corrected chi connectivity index (χ4v) is 3.10. The number of pyridine rings is 1. The molecule has 0 amide bonds. The molecule has 1 aliphatic rings. The third-order valence-electron chi connectivity index (χ3n) is 4.64. The number of nitrogens with zero attached hydrogens (tertiary/aromatic N) is 2. The molecule has 0 aromatic carbocycles. The van der Waals surface area contributed by atoms with Gasteiger partial charge in [-0.25, -0.2) is 0 Å². The lowest BCUT2D eigenvalue weighted by molar-refractivity contribution is 0.0687. The summed E-state index contributed by atoms with van der Waals surface area (Å²) in [4.78, 5) is 6.83. The highest BCUT2D eigenvalue weighted by atomic mass is 16.5. The summed E-state index contributed by atoms with van der Waals surface area (Å²) in [5.74, 6) is 0.810. The molecule has 3 unspecified atom stereocenters. The maximum Gasteiger partial charge on any atom is 0.0590 e. The third kappa shape index (κ3) is 4.25. The van der Waals surface area contributed by atoms with Gasteiger partial charge in [0.05, 0.1) is 12.6 Å². The summed E-state index contributed by atoms with van der Waals surface area (Å²) in [6.45, 7) is 6.15. The molecule has 1 saturated carbocycles. The lowest BCUT2D eigenvalue weighted by Gasteiger charge is -2.39. The number of ether oxygens (including phenoxy) is 1. The molecule has 0 spiro atoms. The molecule has 1 heterocycles. The number of aromatic nitrogens is 1. The van der Waals surface area contributed by atoms with Crippen LogP contribution in [0.15, 0.2) is 24.5 Å². The van der Waals surface area contributed by atoms with Crippen LogP contribution in [0, 0.1) is 5.92 Å². The van der Waals surface area contributed by atoms with Gasteiger partial charge in [-0.1, -0.05) is 13.0 Å². The zero-order chi connectivity index (χ0) is 15.2. The first kappa shape index (κ1) is 16.4. The van der Waals surface area contributed by atoms with Gasteiger partial charge in [-0.05, 0) is 43.7 Å². The first-order valence-electron chi connectivity index (χ1n) is 8.09. The topological polar surface area (TPSA) is 51.4 Å². The van der Waals surface area contributed by atoms with E-state index in [-0.39, 0.29) is 12.1 Å². The number of hydrogen-bond acceptors (Lipinski definition) is 4. The van der Waals surface area contributed by atoms with Crippen molar-refractivity contribution in [2.45, 2.75) is 51.2 Å². The van der Waals surface area contributed by atoms with Crippen molar-refractivity contribution in [2.75, 3.05) is 20.3 Å². The lowest BCUT2D eigenvalue weighted by atomic mass is 9.95. The van der Waals surface area contributed by atoms with Crippen molar-refractivity contribution < 1.29 is 4.74 Å². The van der Waals surface area contributed by atoms with Gasteiger partial charge in [0.25, 0.3) is 0 Å². The second-order valence-electron chi connectivity index (χ2n) is 6.11. The Morgan fingerprint density at radius 3 is 2.76 bits per heavy atom. The normalized spacial score (nSPS) is 19.5. The van der Waals surface area contributed by atoms with E-state index in [0.717, 1.165) is 25.5 Å². The Kier molecular flexibility index (Phi) is 6.15. The van der Waals surface area contributed by atoms with Crippen LogP contribution in [0.25, 0.3) is 0 Å². The van der Waals surface area contributed by atoms with E-state index in [4.69, 9.17) is 10.5 Å². The van der Waals surface area contributed by atoms with Crippen LogP contribution in [0.4, 0.5) is 0 Å². The van der Waals surface area contributed by atoms with Crippen molar-refractivity contribution in [3.63, 3.8) is 0 Å². The predicted molar refractivity (Wildman–Crippen MR) is 86.0 cm³/mol. The highest BCUT2D eigenvalue weighted by Crippen LogP contribution is 2.39. The largest absolute Gasteiger partial charge is 0.383 e. The second kappa shape index (κ2) is 7.87. The lowest BCUT2D eigenvalue weighted by Crippen LogP contribution is -2.47. The molecule has 0 saturated heterocycles. The van der Waals surface area contributed by atoms with E-state index in [0.29, 0.717) is 6.04 Å². The van der Waals surface area contributed by atoms with E-state index < -0.39 is 0 Å². The summed E-state index contributed by atoms with van der Waals surface area (Å²) in [6.07, 6.45) is 7.42. The highest BCUT2D eigenvalue weighted by Gasteiger charge is 2.37. The molecule has 0 bridgehead atoms. The van der Waals surface area contributed by atoms with Crippen LogP contribution < -0.4 is 5.73 Å². The molecule has 3 atom stereocenters. The minimum Gasteiger partial charge on any atom is -0.383 e. The molecule has 2 N–H and O–H groups in total. The SMILES string of the molecule is CCC(N)C(c1cccnc1)N(CCOC)C(C)C1CC1. The third-order valence-corrected chi connectivity index (χ3v) is 4.64. The Hall–Kier alpha value is -0.970. The monoisotopic (exact) mass is 291 g/mol. The van der Waals surface area contributed by atoms with Crippen molar-refractivity contribution in [3.05, 3.63) is 30.1 Å². The summed E-state index contributed by atoms with van der Waals surface area (Å²) >= 11 is 0. The summed E-state index contributed by atoms with van der Waals surface area (Å²) in [5, 5.41) is 0. The molecule has 1 aliphatic carbocycles. The number of methoxy groups -OCH3 is 1. The van der Waals surface area contributed by atoms with Gasteiger partial charge in [0.2, 0.25) is 0 Å². The Labute approximate surface area is 128 Å². The molecule has 4 nitrogen and oxygen atoms in total. The molecule has 21 heavy (non-hydrogen) atoms. The van der Waals surface area contributed by atoms with E-state index >= 15 is 0 Å². The molecule has 118 valence electrons. The van der Waals surface area contributed by atoms with Gasteiger partial charge in [-0.15, -0.1) is 0 Å². The van der Waals surface area contributed by atoms with E-state index in [1.54, 1.807) is 7.11 Å². The Bertz CT molecular complexity index is 408. The van der Waals surface area contributed by atoms with E-state index in [9.17, 15) is 0 Å². The molecular formula is C17H29N3O. The Morgan fingerprint density at radius 2 is 2.24 bits per heavy atom. The molecule has 2 rings (SSSR count). The smallest absolute Gasteiger partial charge is 0.0590 e. The van der Waals surface area contributed by atoms with Gasteiger partial charge in [0.15, 0.2) is 0 Å². The Morgan fingerprint density at radius 1 is 1.48 bits per heavy atom. The average Bonchev–Trinajstić information content (AvgIpc) is 3.35. The van der Waals surface area contributed by atoms with Crippen LogP contribution in [0.2, 0.25) is 0 Å². The molecule has 1 aromatic rings. The average molecular weight is 291 g/mol. The zero-order valence-corrected chi connectivity index (χ0v) is 13.5. The maximum absolute atomic E-state index is 6.47. The van der Waals surface area contributed by atoms with Crippen LogP contribution in [0.5, 0.6) is 0 Å². The fourth-order valence-electron chi connectivity index (χ4n) is 3.10. The fraction of sp³-hybridized carbons (Fsp3) is 0.706. The quantitative estimate of drug-likeness (QED) is 0.760. The maximum atomic E-state index is 6.47. The Balaban J connectivity index is 2.24. The van der Waals surface area contributed by atoms with E-state index in [2.05, 4.69) is 29.8 Å². The van der Waals surface area contributed by atoms with Gasteiger partial charge in [-0.2, -0.15) is 0 Å². The number of hydrogen-bond donors (Lipinski definition) is 1. The zero-order valence-electron chi connectivity index (χ0n) is 13.5. The summed E-state index contributed by atoms with van der Waals surface area (Å²) in [6, 6.07) is 5.03. The molecule has 0 aliphatic heterocycles. The van der Waals surface area contributed by atoms with Crippen molar-refractivity contribution >= 4 is 0 Å². The molecule has 4 heteroatoms. The van der Waals surface area contributed by atoms with Crippen LogP contribution in [0.1, 0.15) is 44.7 Å². The van der Waals surface area contributed by atoms with Gasteiger partial charge in [0, 0.05) is 38.1 Å². The van der Waals surface area contributed by atoms with Gasteiger partial charge in [0.1, 0.15) is 0 Å². The first-order chi connectivity index (χ1) is 10.2. The van der Waals surface area contributed by atoms with Crippen LogP contribution >= 0.6 is 0 Å². The minimum atomic E-state index is 0.118. The summed E-state index contributed by atoms with van der Waals surface area (Å²) in [5.41, 5.74) is 7.69. The van der Waals surface area contributed by atoms with Gasteiger partial charge in [-0.3, -0.25) is 9.88 Å². The molecule has 0 radical (unpaired) electrons. The van der Waals surface area contributed by atoms with Gasteiger partial charge < -0.3 is 10.5 Å². The van der Waals surface area contributed by atoms with Crippen molar-refractivity contribution in [1.29, 1.82) is 0 Å². The molecular weight excluding hydrogens is 262 g/mol. The summed E-state index contributed by atoms with van der Waals surface area (Å²) < 4.78 is 5.32. The first-order valence-corrected chi connectivity index (χ1v) is 8.09. The molecule has 1 aromatic heterocycles. The minimum absolute atomic E-state index is 0.118. The number of rotatable bonds is 9. The second-order valence-corrected chi connectivity index (χ2v) is 6.11. The van der Waals surface area contributed by atoms with E-state index in [1.807, 2.05) is 18.5 Å². The predicted octanol–water partition coefficient (Wildman–Crippen LogP) is 2.61. The summed E-state index contributed by atoms with van der Waals surface area (Å²) in [7, 11) is 1.76. The number of nitrogens with two attached hydrogens (primary N) is 1. The molecule has 1 fully saturated rings.